The average molecular weight is 325 g/mol. The quantitative estimate of drug-likeness (QED) is 0.848. The lowest BCUT2D eigenvalue weighted by molar-refractivity contribution is 0.0768. The smallest absolute Gasteiger partial charge is 0.253 e. The number of nitrogens with zero attached hydrogens (tertiary/aromatic N) is 2. The Kier molecular flexibility index (Phi) is 3.58. The van der Waals surface area contributed by atoms with E-state index in [1.54, 1.807) is 23.1 Å². The molecule has 6 nitrogen and oxygen atoms in total. The number of benzene rings is 1. The zero-order valence-electron chi connectivity index (χ0n) is 11.3. The Labute approximate surface area is 126 Å². The number of anilines is 1. The van der Waals surface area contributed by atoms with E-state index in [9.17, 15) is 13.2 Å². The number of sulfone groups is 1. The molecular formula is C13H15N3O3S2. The van der Waals surface area contributed by atoms with Gasteiger partial charge in [-0.15, -0.1) is 0 Å². The molecule has 2 heterocycles. The summed E-state index contributed by atoms with van der Waals surface area (Å²) in [5, 5.41) is 0.468. The van der Waals surface area contributed by atoms with Crippen LogP contribution in [0, 0.1) is 0 Å². The van der Waals surface area contributed by atoms with Crippen molar-refractivity contribution in [3.8, 4) is 0 Å². The van der Waals surface area contributed by atoms with Gasteiger partial charge in [-0.3, -0.25) is 4.79 Å². The maximum Gasteiger partial charge on any atom is 0.253 e. The number of carbonyl (C=O) groups is 1. The summed E-state index contributed by atoms with van der Waals surface area (Å²) in [6.07, 6.45) is 0.490. The van der Waals surface area contributed by atoms with Gasteiger partial charge in [-0.1, -0.05) is 11.3 Å². The molecule has 0 bridgehead atoms. The number of aromatic nitrogens is 1. The highest BCUT2D eigenvalue weighted by molar-refractivity contribution is 7.91. The highest BCUT2D eigenvalue weighted by Gasteiger charge is 2.23. The minimum Gasteiger partial charge on any atom is -0.375 e. The number of amides is 1. The first kappa shape index (κ1) is 14.3. The Morgan fingerprint density at radius 3 is 2.90 bits per heavy atom. The first-order valence-corrected chi connectivity index (χ1v) is 9.24. The third kappa shape index (κ3) is 3.01. The second-order valence-corrected chi connectivity index (χ2v) is 8.40. The highest BCUT2D eigenvalue weighted by atomic mass is 32.2. The molecule has 1 saturated heterocycles. The third-order valence-electron chi connectivity index (χ3n) is 3.49. The molecule has 8 heteroatoms. The maximum atomic E-state index is 12.5. The third-order valence-corrected chi connectivity index (χ3v) is 6.06. The van der Waals surface area contributed by atoms with Crippen LogP contribution in [0.1, 0.15) is 16.8 Å². The molecule has 2 aromatic rings. The SMILES string of the molecule is Nc1nc2ccc(C(=O)N3CCCS(=O)(=O)CC3)cc2s1. The van der Waals surface area contributed by atoms with Gasteiger partial charge in [0.2, 0.25) is 0 Å². The molecule has 3 rings (SSSR count). The van der Waals surface area contributed by atoms with Crippen LogP contribution in [-0.2, 0) is 9.84 Å². The van der Waals surface area contributed by atoms with Crippen molar-refractivity contribution in [1.82, 2.24) is 9.88 Å². The van der Waals surface area contributed by atoms with Gasteiger partial charge in [0, 0.05) is 18.7 Å². The summed E-state index contributed by atoms with van der Waals surface area (Å²) in [5.74, 6) is 0.0522. The first-order chi connectivity index (χ1) is 9.94. The average Bonchev–Trinajstić information content (AvgIpc) is 2.70. The molecular weight excluding hydrogens is 310 g/mol. The van der Waals surface area contributed by atoms with E-state index in [-0.39, 0.29) is 24.0 Å². The molecule has 1 amide bonds. The summed E-state index contributed by atoms with van der Waals surface area (Å²) in [6.45, 7) is 0.727. The van der Waals surface area contributed by atoms with Crippen molar-refractivity contribution < 1.29 is 13.2 Å². The van der Waals surface area contributed by atoms with Crippen molar-refractivity contribution in [3.63, 3.8) is 0 Å². The minimum absolute atomic E-state index is 0.0362. The summed E-state index contributed by atoms with van der Waals surface area (Å²) in [6, 6.07) is 5.25. The van der Waals surface area contributed by atoms with Crippen LogP contribution in [0.25, 0.3) is 10.2 Å². The summed E-state index contributed by atoms with van der Waals surface area (Å²) >= 11 is 1.33. The number of hydrogen-bond donors (Lipinski definition) is 1. The van der Waals surface area contributed by atoms with E-state index in [4.69, 9.17) is 5.73 Å². The molecule has 2 N–H and O–H groups in total. The molecule has 112 valence electrons. The predicted molar refractivity (Wildman–Crippen MR) is 83.2 cm³/mol. The Morgan fingerprint density at radius 2 is 2.10 bits per heavy atom. The molecule has 1 aliphatic rings. The van der Waals surface area contributed by atoms with Crippen LogP contribution in [0.15, 0.2) is 18.2 Å². The fourth-order valence-corrected chi connectivity index (χ4v) is 4.44. The topological polar surface area (TPSA) is 93.4 Å². The van der Waals surface area contributed by atoms with Crippen LogP contribution in [0.5, 0.6) is 0 Å². The molecule has 1 aliphatic heterocycles. The molecule has 1 aromatic heterocycles. The maximum absolute atomic E-state index is 12.5. The van der Waals surface area contributed by atoms with Gasteiger partial charge in [0.1, 0.15) is 0 Å². The van der Waals surface area contributed by atoms with Gasteiger partial charge >= 0.3 is 0 Å². The monoisotopic (exact) mass is 325 g/mol. The van der Waals surface area contributed by atoms with Gasteiger partial charge in [0.05, 0.1) is 21.7 Å². The fourth-order valence-electron chi connectivity index (χ4n) is 2.40. The Morgan fingerprint density at radius 1 is 1.29 bits per heavy atom. The number of fused-ring (bicyclic) bond motifs is 1. The number of thiazole rings is 1. The van der Waals surface area contributed by atoms with E-state index in [0.29, 0.717) is 23.7 Å². The van der Waals surface area contributed by atoms with Crippen molar-refractivity contribution in [2.45, 2.75) is 6.42 Å². The fraction of sp³-hybridized carbons (Fsp3) is 0.385. The van der Waals surface area contributed by atoms with Gasteiger partial charge in [0.15, 0.2) is 15.0 Å². The lowest BCUT2D eigenvalue weighted by Gasteiger charge is -2.19. The van der Waals surface area contributed by atoms with E-state index in [1.807, 2.05) is 0 Å². The molecule has 0 unspecified atom stereocenters. The van der Waals surface area contributed by atoms with Crippen LogP contribution >= 0.6 is 11.3 Å². The molecule has 0 aliphatic carbocycles. The summed E-state index contributed by atoms with van der Waals surface area (Å²) in [4.78, 5) is 18.3. The zero-order chi connectivity index (χ0) is 15.0. The summed E-state index contributed by atoms with van der Waals surface area (Å²) in [7, 11) is -3.02. The second kappa shape index (κ2) is 5.27. The van der Waals surface area contributed by atoms with E-state index in [1.165, 1.54) is 11.3 Å². The molecule has 0 spiro atoms. The van der Waals surface area contributed by atoms with Crippen molar-refractivity contribution >= 4 is 42.4 Å². The molecule has 1 fully saturated rings. The van der Waals surface area contributed by atoms with Crippen molar-refractivity contribution in [3.05, 3.63) is 23.8 Å². The Bertz CT molecular complexity index is 798. The number of carbonyl (C=O) groups excluding carboxylic acids is 1. The van der Waals surface area contributed by atoms with E-state index < -0.39 is 9.84 Å². The largest absolute Gasteiger partial charge is 0.375 e. The lowest BCUT2D eigenvalue weighted by atomic mass is 10.2. The predicted octanol–water partition coefficient (Wildman–Crippen LogP) is 1.14. The minimum atomic E-state index is -3.02. The van der Waals surface area contributed by atoms with Crippen molar-refractivity contribution in [2.24, 2.45) is 0 Å². The van der Waals surface area contributed by atoms with Crippen LogP contribution in [-0.4, -0.2) is 48.8 Å². The van der Waals surface area contributed by atoms with Crippen LogP contribution < -0.4 is 5.73 Å². The van der Waals surface area contributed by atoms with Crippen molar-refractivity contribution in [1.29, 1.82) is 0 Å². The van der Waals surface area contributed by atoms with Gasteiger partial charge in [-0.2, -0.15) is 0 Å². The van der Waals surface area contributed by atoms with Crippen LogP contribution in [0.3, 0.4) is 0 Å². The van der Waals surface area contributed by atoms with E-state index in [0.717, 1.165) is 10.2 Å². The van der Waals surface area contributed by atoms with Crippen LogP contribution in [0.4, 0.5) is 5.13 Å². The molecule has 0 saturated carbocycles. The first-order valence-electron chi connectivity index (χ1n) is 6.60. The number of rotatable bonds is 1. The van der Waals surface area contributed by atoms with Gasteiger partial charge < -0.3 is 10.6 Å². The number of nitrogen functional groups attached to an aromatic ring is 1. The summed E-state index contributed by atoms with van der Waals surface area (Å²) < 4.78 is 24.1. The van der Waals surface area contributed by atoms with Gasteiger partial charge in [0.25, 0.3) is 5.91 Å². The molecule has 0 radical (unpaired) electrons. The summed E-state index contributed by atoms with van der Waals surface area (Å²) in [5.41, 5.74) is 6.97. The standard InChI is InChI=1S/C13H15N3O3S2/c14-13-15-10-3-2-9(8-11(10)20-13)12(17)16-4-1-6-21(18,19)7-5-16/h2-3,8H,1,4-7H2,(H2,14,15). The van der Waals surface area contributed by atoms with Crippen molar-refractivity contribution in [2.75, 3.05) is 30.3 Å². The van der Waals surface area contributed by atoms with Gasteiger partial charge in [-0.05, 0) is 24.6 Å². The van der Waals surface area contributed by atoms with Gasteiger partial charge in [-0.25, -0.2) is 13.4 Å². The molecule has 0 atom stereocenters. The van der Waals surface area contributed by atoms with Crippen LogP contribution in [0.2, 0.25) is 0 Å². The number of hydrogen-bond acceptors (Lipinski definition) is 6. The Balaban J connectivity index is 1.85. The number of nitrogens with two attached hydrogens (primary N) is 1. The van der Waals surface area contributed by atoms with E-state index in [2.05, 4.69) is 4.98 Å². The molecule has 1 aromatic carbocycles. The lowest BCUT2D eigenvalue weighted by Crippen LogP contribution is -2.33. The van der Waals surface area contributed by atoms with E-state index >= 15 is 0 Å². The zero-order valence-corrected chi connectivity index (χ0v) is 12.9. The normalized spacial score (nSPS) is 18.6. The highest BCUT2D eigenvalue weighted by Crippen LogP contribution is 2.25. The molecule has 21 heavy (non-hydrogen) atoms. The second-order valence-electron chi connectivity index (χ2n) is 5.03. The Hall–Kier alpha value is -1.67.